The molecule has 168 valence electrons. The van der Waals surface area contributed by atoms with Gasteiger partial charge in [0.15, 0.2) is 0 Å². The number of amides is 1. The van der Waals surface area contributed by atoms with Gasteiger partial charge < -0.3 is 10.2 Å². The van der Waals surface area contributed by atoms with E-state index in [1.54, 1.807) is 12.1 Å². The van der Waals surface area contributed by atoms with Crippen molar-refractivity contribution in [1.82, 2.24) is 9.62 Å². The van der Waals surface area contributed by atoms with E-state index < -0.39 is 10.0 Å². The maximum absolute atomic E-state index is 12.8. The standard InChI is InChI=1S/C24H33N3O3S/c1-4-26(22-7-5-6-20(3)18-22)17-14-25-24(28)21-12-15-27(16-13-21)31(29,30)23-10-8-19(2)9-11-23/h5-11,18,21H,4,12-17H2,1-3H3,(H,25,28). The molecule has 1 amide bonds. The largest absolute Gasteiger partial charge is 0.370 e. The van der Waals surface area contributed by atoms with E-state index in [4.69, 9.17) is 0 Å². The predicted molar refractivity (Wildman–Crippen MR) is 125 cm³/mol. The van der Waals surface area contributed by atoms with Crippen LogP contribution >= 0.6 is 0 Å². The molecule has 6 nitrogen and oxygen atoms in total. The topological polar surface area (TPSA) is 69.7 Å². The molecule has 0 radical (unpaired) electrons. The summed E-state index contributed by atoms with van der Waals surface area (Å²) in [4.78, 5) is 15.2. The van der Waals surface area contributed by atoms with Crippen molar-refractivity contribution in [3.05, 3.63) is 59.7 Å². The summed E-state index contributed by atoms with van der Waals surface area (Å²) in [5.41, 5.74) is 3.40. The Bertz CT molecular complexity index is 981. The maximum Gasteiger partial charge on any atom is 0.243 e. The quantitative estimate of drug-likeness (QED) is 0.679. The lowest BCUT2D eigenvalue weighted by atomic mass is 9.97. The van der Waals surface area contributed by atoms with E-state index in [0.717, 1.165) is 24.3 Å². The molecule has 1 aliphatic rings. The third-order valence-electron chi connectivity index (χ3n) is 5.91. The Balaban J connectivity index is 1.48. The number of hydrogen-bond acceptors (Lipinski definition) is 4. The van der Waals surface area contributed by atoms with Crippen LogP contribution in [0.15, 0.2) is 53.4 Å². The highest BCUT2D eigenvalue weighted by atomic mass is 32.2. The van der Waals surface area contributed by atoms with Gasteiger partial charge in [0.25, 0.3) is 0 Å². The second-order valence-corrected chi connectivity index (χ2v) is 10.1. The molecule has 2 aromatic rings. The second-order valence-electron chi connectivity index (χ2n) is 8.20. The molecular weight excluding hydrogens is 410 g/mol. The molecule has 0 saturated carbocycles. The van der Waals surface area contributed by atoms with Gasteiger partial charge in [-0.05, 0) is 63.4 Å². The third kappa shape index (κ3) is 5.86. The molecule has 31 heavy (non-hydrogen) atoms. The van der Waals surface area contributed by atoms with Crippen molar-refractivity contribution in [1.29, 1.82) is 0 Å². The smallest absolute Gasteiger partial charge is 0.243 e. The van der Waals surface area contributed by atoms with Crippen LogP contribution in [0.1, 0.15) is 30.9 Å². The average Bonchev–Trinajstić information content (AvgIpc) is 2.77. The Morgan fingerprint density at radius 3 is 2.35 bits per heavy atom. The number of hydrogen-bond donors (Lipinski definition) is 1. The fourth-order valence-electron chi connectivity index (χ4n) is 3.97. The SMILES string of the molecule is CCN(CCNC(=O)C1CCN(S(=O)(=O)c2ccc(C)cc2)CC1)c1cccc(C)c1. The number of aryl methyl sites for hydroxylation is 2. The molecule has 0 aliphatic carbocycles. The van der Waals surface area contributed by atoms with Gasteiger partial charge in [-0.1, -0.05) is 29.8 Å². The zero-order valence-electron chi connectivity index (χ0n) is 18.7. The van der Waals surface area contributed by atoms with Gasteiger partial charge in [-0.3, -0.25) is 4.79 Å². The maximum atomic E-state index is 12.8. The van der Waals surface area contributed by atoms with Crippen LogP contribution in [0.3, 0.4) is 0 Å². The normalized spacial score (nSPS) is 15.6. The fraction of sp³-hybridized carbons (Fsp3) is 0.458. The number of nitrogens with one attached hydrogen (secondary N) is 1. The summed E-state index contributed by atoms with van der Waals surface area (Å²) in [7, 11) is -3.50. The summed E-state index contributed by atoms with van der Waals surface area (Å²) in [6.07, 6.45) is 1.10. The van der Waals surface area contributed by atoms with Gasteiger partial charge in [0, 0.05) is 44.3 Å². The highest BCUT2D eigenvalue weighted by Gasteiger charge is 2.31. The molecule has 0 atom stereocenters. The molecule has 1 N–H and O–H groups in total. The number of piperidine rings is 1. The Hall–Kier alpha value is -2.38. The molecule has 1 saturated heterocycles. The van der Waals surface area contributed by atoms with Gasteiger partial charge in [-0.2, -0.15) is 4.31 Å². The summed E-state index contributed by atoms with van der Waals surface area (Å²) in [5.74, 6) is -0.119. The van der Waals surface area contributed by atoms with Gasteiger partial charge in [0.1, 0.15) is 0 Å². The Morgan fingerprint density at radius 1 is 1.06 bits per heavy atom. The molecule has 0 bridgehead atoms. The fourth-order valence-corrected chi connectivity index (χ4v) is 5.44. The highest BCUT2D eigenvalue weighted by Crippen LogP contribution is 2.24. The van der Waals surface area contributed by atoms with E-state index in [1.807, 2.05) is 25.1 Å². The number of carbonyl (C=O) groups excluding carboxylic acids is 1. The first-order valence-electron chi connectivity index (χ1n) is 11.0. The second kappa shape index (κ2) is 10.3. The first-order valence-corrected chi connectivity index (χ1v) is 12.4. The van der Waals surface area contributed by atoms with E-state index >= 15 is 0 Å². The van der Waals surface area contributed by atoms with Crippen molar-refractivity contribution in [2.45, 2.75) is 38.5 Å². The lowest BCUT2D eigenvalue weighted by molar-refractivity contribution is -0.126. The number of nitrogens with zero attached hydrogens (tertiary/aromatic N) is 2. The van der Waals surface area contributed by atoms with E-state index in [2.05, 4.69) is 42.3 Å². The minimum atomic E-state index is -3.50. The Kier molecular flexibility index (Phi) is 7.73. The summed E-state index contributed by atoms with van der Waals surface area (Å²) in [6, 6.07) is 15.3. The number of rotatable bonds is 8. The molecule has 0 unspecified atom stereocenters. The molecule has 1 fully saturated rings. The first-order chi connectivity index (χ1) is 14.8. The zero-order chi connectivity index (χ0) is 22.4. The summed E-state index contributed by atoms with van der Waals surface area (Å²) in [6.45, 7) is 9.04. The van der Waals surface area contributed by atoms with Crippen LogP contribution in [0.2, 0.25) is 0 Å². The number of anilines is 1. The van der Waals surface area contributed by atoms with Crippen LogP contribution in [-0.4, -0.2) is 51.4 Å². The van der Waals surface area contributed by atoms with Crippen LogP contribution in [0.25, 0.3) is 0 Å². The number of carbonyl (C=O) groups is 1. The van der Waals surface area contributed by atoms with E-state index in [-0.39, 0.29) is 11.8 Å². The van der Waals surface area contributed by atoms with Crippen molar-refractivity contribution >= 4 is 21.6 Å². The molecular formula is C24H33N3O3S. The Labute approximate surface area is 186 Å². The van der Waals surface area contributed by atoms with Gasteiger partial charge >= 0.3 is 0 Å². The number of benzene rings is 2. The predicted octanol–water partition coefficient (Wildman–Crippen LogP) is 3.35. The number of sulfonamides is 1. The van der Waals surface area contributed by atoms with Gasteiger partial charge in [-0.25, -0.2) is 8.42 Å². The monoisotopic (exact) mass is 443 g/mol. The van der Waals surface area contributed by atoms with E-state index in [1.165, 1.54) is 9.87 Å². The van der Waals surface area contributed by atoms with Crippen LogP contribution in [-0.2, 0) is 14.8 Å². The van der Waals surface area contributed by atoms with Crippen molar-refractivity contribution in [3.8, 4) is 0 Å². The summed E-state index contributed by atoms with van der Waals surface area (Å²) in [5, 5.41) is 3.04. The summed E-state index contributed by atoms with van der Waals surface area (Å²) < 4.78 is 27.2. The van der Waals surface area contributed by atoms with Gasteiger partial charge in [0.05, 0.1) is 4.90 Å². The minimum absolute atomic E-state index is 0.0210. The van der Waals surface area contributed by atoms with Crippen LogP contribution in [0.4, 0.5) is 5.69 Å². The van der Waals surface area contributed by atoms with Crippen molar-refractivity contribution in [3.63, 3.8) is 0 Å². The minimum Gasteiger partial charge on any atom is -0.370 e. The van der Waals surface area contributed by atoms with Gasteiger partial charge in [0.2, 0.25) is 15.9 Å². The highest BCUT2D eigenvalue weighted by molar-refractivity contribution is 7.89. The molecule has 1 heterocycles. The lowest BCUT2D eigenvalue weighted by Gasteiger charge is -2.31. The summed E-state index contributed by atoms with van der Waals surface area (Å²) >= 11 is 0. The first kappa shape index (κ1) is 23.3. The zero-order valence-corrected chi connectivity index (χ0v) is 19.5. The Morgan fingerprint density at radius 2 is 1.74 bits per heavy atom. The molecule has 7 heteroatoms. The van der Waals surface area contributed by atoms with Crippen molar-refractivity contribution in [2.24, 2.45) is 5.92 Å². The molecule has 3 rings (SSSR count). The average molecular weight is 444 g/mol. The van der Waals surface area contributed by atoms with Crippen LogP contribution < -0.4 is 10.2 Å². The van der Waals surface area contributed by atoms with E-state index in [0.29, 0.717) is 37.4 Å². The molecule has 0 aromatic heterocycles. The van der Waals surface area contributed by atoms with Crippen LogP contribution in [0, 0.1) is 19.8 Å². The molecule has 2 aromatic carbocycles. The lowest BCUT2D eigenvalue weighted by Crippen LogP contribution is -2.44. The van der Waals surface area contributed by atoms with Crippen LogP contribution in [0.5, 0.6) is 0 Å². The third-order valence-corrected chi connectivity index (χ3v) is 7.83. The number of likely N-dealkylation sites (N-methyl/N-ethyl adjacent to an activating group) is 1. The van der Waals surface area contributed by atoms with Gasteiger partial charge in [-0.15, -0.1) is 0 Å². The van der Waals surface area contributed by atoms with Crippen molar-refractivity contribution < 1.29 is 13.2 Å². The van der Waals surface area contributed by atoms with E-state index in [9.17, 15) is 13.2 Å². The molecule has 0 spiro atoms. The molecule has 1 aliphatic heterocycles. The van der Waals surface area contributed by atoms with Crippen molar-refractivity contribution in [2.75, 3.05) is 37.6 Å².